The summed E-state index contributed by atoms with van der Waals surface area (Å²) in [5.41, 5.74) is 1.89. The molecule has 1 amide bonds. The van der Waals surface area contributed by atoms with Crippen molar-refractivity contribution in [2.45, 2.75) is 31.6 Å². The highest BCUT2D eigenvalue weighted by atomic mass is 35.5. The highest BCUT2D eigenvalue weighted by molar-refractivity contribution is 7.92. The van der Waals surface area contributed by atoms with Crippen LogP contribution in [0, 0.1) is 0 Å². The molecule has 0 radical (unpaired) electrons. The summed E-state index contributed by atoms with van der Waals surface area (Å²) in [5, 5.41) is 2.76. The van der Waals surface area contributed by atoms with E-state index in [1.807, 2.05) is 26.0 Å². The van der Waals surface area contributed by atoms with Gasteiger partial charge < -0.3 is 10.1 Å². The molecule has 1 N–H and O–H groups in total. The van der Waals surface area contributed by atoms with Crippen LogP contribution in [0.15, 0.2) is 77.7 Å². The number of esters is 1. The Bertz CT molecular complexity index is 1290. The Kier molecular flexibility index (Phi) is 8.53. The van der Waals surface area contributed by atoms with E-state index >= 15 is 0 Å². The van der Waals surface area contributed by atoms with Crippen LogP contribution in [-0.4, -0.2) is 33.4 Å². The first-order valence-electron chi connectivity index (χ1n) is 11.1. The molecule has 0 bridgehead atoms. The zero-order valence-electron chi connectivity index (χ0n) is 19.7. The molecule has 3 rings (SSSR count). The molecular weight excluding hydrogens is 488 g/mol. The van der Waals surface area contributed by atoms with Crippen molar-refractivity contribution in [2.75, 3.05) is 22.8 Å². The molecular formula is C26H27ClN2O5S. The van der Waals surface area contributed by atoms with E-state index in [-0.39, 0.29) is 33.7 Å². The number of hydrogen-bond acceptors (Lipinski definition) is 5. The number of carbonyl (C=O) groups is 2. The van der Waals surface area contributed by atoms with Gasteiger partial charge in [0.2, 0.25) is 5.91 Å². The third kappa shape index (κ3) is 6.41. The molecule has 0 aromatic heterocycles. The van der Waals surface area contributed by atoms with Crippen LogP contribution in [0.5, 0.6) is 0 Å². The van der Waals surface area contributed by atoms with Crippen molar-refractivity contribution in [3.63, 3.8) is 0 Å². The predicted octanol–water partition coefficient (Wildman–Crippen LogP) is 5.47. The number of amides is 1. The lowest BCUT2D eigenvalue weighted by Gasteiger charge is -2.24. The fraction of sp³-hybridized carbons (Fsp3) is 0.231. The van der Waals surface area contributed by atoms with Crippen LogP contribution < -0.4 is 9.62 Å². The third-order valence-electron chi connectivity index (χ3n) is 5.22. The summed E-state index contributed by atoms with van der Waals surface area (Å²) in [6.45, 7) is 5.52. The summed E-state index contributed by atoms with van der Waals surface area (Å²) in [6, 6.07) is 19.3. The normalized spacial score (nSPS) is 11.2. The van der Waals surface area contributed by atoms with Gasteiger partial charge in [0, 0.05) is 0 Å². The maximum absolute atomic E-state index is 13.5. The van der Waals surface area contributed by atoms with Crippen LogP contribution >= 0.6 is 11.6 Å². The standard InChI is InChI=1S/C26H27ClN2O5S/c1-4-34-26(31)20-12-15-24(23(27)16-20)28-25(30)17-29(21-13-10-19(11-14-21)18(2)3)35(32,33)22-8-6-5-7-9-22/h5-16,18H,4,17H2,1-3H3,(H,28,30). The van der Waals surface area contributed by atoms with E-state index in [1.54, 1.807) is 37.3 Å². The van der Waals surface area contributed by atoms with Crippen LogP contribution in [-0.2, 0) is 19.6 Å². The number of sulfonamides is 1. The van der Waals surface area contributed by atoms with Gasteiger partial charge in [-0.1, -0.05) is 55.8 Å². The fourth-order valence-corrected chi connectivity index (χ4v) is 5.01. The molecule has 0 aliphatic carbocycles. The molecule has 7 nitrogen and oxygen atoms in total. The van der Waals surface area contributed by atoms with E-state index in [0.29, 0.717) is 5.69 Å². The van der Waals surface area contributed by atoms with Crippen molar-refractivity contribution in [1.82, 2.24) is 0 Å². The maximum atomic E-state index is 13.5. The Morgan fingerprint density at radius 2 is 1.66 bits per heavy atom. The van der Waals surface area contributed by atoms with E-state index in [0.717, 1.165) is 9.87 Å². The summed E-state index contributed by atoms with van der Waals surface area (Å²) in [5.74, 6) is -0.855. The average molecular weight is 515 g/mol. The molecule has 0 saturated carbocycles. The molecule has 0 unspecified atom stereocenters. The van der Waals surface area contributed by atoms with Gasteiger partial charge in [0.05, 0.1) is 33.5 Å². The highest BCUT2D eigenvalue weighted by Crippen LogP contribution is 2.27. The predicted molar refractivity (Wildman–Crippen MR) is 138 cm³/mol. The van der Waals surface area contributed by atoms with Crippen LogP contribution in [0.25, 0.3) is 0 Å². The quantitative estimate of drug-likeness (QED) is 0.382. The molecule has 3 aromatic rings. The van der Waals surface area contributed by atoms with E-state index in [4.69, 9.17) is 16.3 Å². The Morgan fingerprint density at radius 1 is 1.00 bits per heavy atom. The third-order valence-corrected chi connectivity index (χ3v) is 7.32. The fourth-order valence-electron chi connectivity index (χ4n) is 3.34. The second-order valence-electron chi connectivity index (χ2n) is 8.03. The van der Waals surface area contributed by atoms with Crippen LogP contribution in [0.1, 0.15) is 42.6 Å². The lowest BCUT2D eigenvalue weighted by molar-refractivity contribution is -0.114. The summed E-state index contributed by atoms with van der Waals surface area (Å²) < 4.78 is 32.9. The van der Waals surface area contributed by atoms with Crippen LogP contribution in [0.4, 0.5) is 11.4 Å². The number of benzene rings is 3. The Morgan fingerprint density at radius 3 is 2.23 bits per heavy atom. The number of nitrogens with zero attached hydrogens (tertiary/aromatic N) is 1. The second-order valence-corrected chi connectivity index (χ2v) is 10.3. The minimum absolute atomic E-state index is 0.0672. The molecule has 0 atom stereocenters. The average Bonchev–Trinajstić information content (AvgIpc) is 2.84. The summed E-state index contributed by atoms with van der Waals surface area (Å²) in [7, 11) is -4.03. The van der Waals surface area contributed by atoms with Gasteiger partial charge in [-0.05, 0) is 60.9 Å². The first-order valence-corrected chi connectivity index (χ1v) is 12.9. The monoisotopic (exact) mass is 514 g/mol. The minimum Gasteiger partial charge on any atom is -0.462 e. The molecule has 0 aliphatic heterocycles. The molecule has 0 aliphatic rings. The summed E-state index contributed by atoms with van der Waals surface area (Å²) in [4.78, 5) is 24.9. The Hall–Kier alpha value is -3.36. The van der Waals surface area contributed by atoms with Gasteiger partial charge in [-0.3, -0.25) is 9.10 Å². The SMILES string of the molecule is CCOC(=O)c1ccc(NC(=O)CN(c2ccc(C(C)C)cc2)S(=O)(=O)c2ccccc2)c(Cl)c1. The Balaban J connectivity index is 1.89. The molecule has 0 fully saturated rings. The molecule has 184 valence electrons. The number of anilines is 2. The van der Waals surface area contributed by atoms with Crippen molar-refractivity contribution >= 4 is 44.9 Å². The van der Waals surface area contributed by atoms with Crippen molar-refractivity contribution in [1.29, 1.82) is 0 Å². The molecule has 3 aromatic carbocycles. The minimum atomic E-state index is -4.03. The van der Waals surface area contributed by atoms with Gasteiger partial charge in [-0.2, -0.15) is 0 Å². The zero-order valence-corrected chi connectivity index (χ0v) is 21.3. The number of ether oxygens (including phenoxy) is 1. The highest BCUT2D eigenvalue weighted by Gasteiger charge is 2.27. The molecule has 35 heavy (non-hydrogen) atoms. The van der Waals surface area contributed by atoms with Crippen LogP contribution in [0.3, 0.4) is 0 Å². The molecule has 0 spiro atoms. The number of nitrogens with one attached hydrogen (secondary N) is 1. The van der Waals surface area contributed by atoms with Gasteiger partial charge in [0.1, 0.15) is 6.54 Å². The van der Waals surface area contributed by atoms with E-state index in [1.165, 1.54) is 30.3 Å². The molecule has 0 heterocycles. The van der Waals surface area contributed by atoms with Crippen molar-refractivity contribution in [3.05, 3.63) is 88.9 Å². The van der Waals surface area contributed by atoms with E-state index in [2.05, 4.69) is 5.32 Å². The maximum Gasteiger partial charge on any atom is 0.338 e. The number of hydrogen-bond donors (Lipinski definition) is 1. The smallest absolute Gasteiger partial charge is 0.338 e. The first-order chi connectivity index (χ1) is 16.6. The second kappa shape index (κ2) is 11.4. The summed E-state index contributed by atoms with van der Waals surface area (Å²) in [6.07, 6.45) is 0. The van der Waals surface area contributed by atoms with E-state index in [9.17, 15) is 18.0 Å². The zero-order chi connectivity index (χ0) is 25.6. The number of rotatable bonds is 9. The van der Waals surface area contributed by atoms with Crippen LogP contribution in [0.2, 0.25) is 5.02 Å². The largest absolute Gasteiger partial charge is 0.462 e. The van der Waals surface area contributed by atoms with Gasteiger partial charge >= 0.3 is 5.97 Å². The van der Waals surface area contributed by atoms with Crippen molar-refractivity contribution in [3.8, 4) is 0 Å². The first kappa shape index (κ1) is 26.2. The van der Waals surface area contributed by atoms with Crippen molar-refractivity contribution < 1.29 is 22.7 Å². The van der Waals surface area contributed by atoms with Gasteiger partial charge in [-0.25, -0.2) is 13.2 Å². The Labute approximate surface area is 210 Å². The molecule has 0 saturated heterocycles. The van der Waals surface area contributed by atoms with Gasteiger partial charge in [0.25, 0.3) is 10.0 Å². The van der Waals surface area contributed by atoms with Crippen molar-refractivity contribution in [2.24, 2.45) is 0 Å². The topological polar surface area (TPSA) is 92.8 Å². The lowest BCUT2D eigenvalue weighted by atomic mass is 10.0. The summed E-state index contributed by atoms with van der Waals surface area (Å²) >= 11 is 6.25. The molecule has 9 heteroatoms. The van der Waals surface area contributed by atoms with E-state index < -0.39 is 28.4 Å². The number of carbonyl (C=O) groups excluding carboxylic acids is 2. The van der Waals surface area contributed by atoms with Gasteiger partial charge in [-0.15, -0.1) is 0 Å². The number of halogens is 1. The lowest BCUT2D eigenvalue weighted by Crippen LogP contribution is -2.38. The van der Waals surface area contributed by atoms with Gasteiger partial charge in [0.15, 0.2) is 0 Å².